The molecule has 0 saturated heterocycles. The van der Waals surface area contributed by atoms with E-state index in [4.69, 9.17) is 11.6 Å². The third-order valence-corrected chi connectivity index (χ3v) is 3.37. The summed E-state index contributed by atoms with van der Waals surface area (Å²) in [6.07, 6.45) is 2.40. The van der Waals surface area contributed by atoms with Gasteiger partial charge in [0.2, 0.25) is 0 Å². The summed E-state index contributed by atoms with van der Waals surface area (Å²) < 4.78 is 15.8. The van der Waals surface area contributed by atoms with Gasteiger partial charge in [0.25, 0.3) is 0 Å². The van der Waals surface area contributed by atoms with Crippen molar-refractivity contribution in [2.75, 3.05) is 0 Å². The van der Waals surface area contributed by atoms with Crippen LogP contribution in [0.4, 0.5) is 4.39 Å². The van der Waals surface area contributed by atoms with Gasteiger partial charge in [0, 0.05) is 4.47 Å². The van der Waals surface area contributed by atoms with Crippen molar-refractivity contribution < 1.29 is 4.39 Å². The lowest BCUT2D eigenvalue weighted by atomic mass is 10.2. The van der Waals surface area contributed by atoms with Crippen molar-refractivity contribution in [1.29, 1.82) is 0 Å². The van der Waals surface area contributed by atoms with Crippen molar-refractivity contribution in [3.63, 3.8) is 0 Å². The molecule has 3 nitrogen and oxygen atoms in total. The first-order valence-electron chi connectivity index (χ1n) is 5.13. The third kappa shape index (κ3) is 2.66. The second-order valence-electron chi connectivity index (χ2n) is 3.56. The summed E-state index contributed by atoms with van der Waals surface area (Å²) >= 11 is 9.33. The fraction of sp³-hybridized carbons (Fsp3) is 0.273. The maximum absolute atomic E-state index is 13.6. The van der Waals surface area contributed by atoms with E-state index in [0.29, 0.717) is 11.4 Å². The molecule has 0 bridgehead atoms. The fourth-order valence-corrected chi connectivity index (χ4v) is 1.86. The van der Waals surface area contributed by atoms with E-state index in [9.17, 15) is 4.39 Å². The average molecular weight is 319 g/mol. The van der Waals surface area contributed by atoms with E-state index in [1.807, 2.05) is 6.92 Å². The van der Waals surface area contributed by atoms with E-state index in [2.05, 4.69) is 26.2 Å². The largest absolute Gasteiger partial charge is 0.217 e. The van der Waals surface area contributed by atoms with Crippen LogP contribution in [0.1, 0.15) is 24.4 Å². The molecule has 0 aliphatic heterocycles. The molecular formula is C11H10BrClFN3. The first kappa shape index (κ1) is 12.5. The molecule has 0 spiro atoms. The second-order valence-corrected chi connectivity index (χ2v) is 5.00. The quantitative estimate of drug-likeness (QED) is 0.805. The monoisotopic (exact) mass is 317 g/mol. The minimum absolute atomic E-state index is 0.195. The highest BCUT2D eigenvalue weighted by atomic mass is 79.9. The molecule has 0 radical (unpaired) electrons. The van der Waals surface area contributed by atoms with E-state index >= 15 is 0 Å². The van der Waals surface area contributed by atoms with Crippen LogP contribution in [0.3, 0.4) is 0 Å². The maximum Gasteiger partial charge on any atom is 0.148 e. The van der Waals surface area contributed by atoms with Gasteiger partial charge >= 0.3 is 0 Å². The van der Waals surface area contributed by atoms with Crippen LogP contribution in [-0.4, -0.2) is 15.0 Å². The van der Waals surface area contributed by atoms with Gasteiger partial charge in [0.1, 0.15) is 17.2 Å². The minimum atomic E-state index is -0.354. The molecule has 0 amide bonds. The van der Waals surface area contributed by atoms with Crippen LogP contribution in [0.2, 0.25) is 0 Å². The van der Waals surface area contributed by atoms with E-state index in [0.717, 1.165) is 10.9 Å². The van der Waals surface area contributed by atoms with Crippen molar-refractivity contribution >= 4 is 27.5 Å². The molecule has 1 aromatic heterocycles. The molecule has 0 fully saturated rings. The molecule has 0 aliphatic rings. The minimum Gasteiger partial charge on any atom is -0.217 e. The van der Waals surface area contributed by atoms with Crippen molar-refractivity contribution in [3.8, 4) is 5.69 Å². The predicted molar refractivity (Wildman–Crippen MR) is 67.9 cm³/mol. The van der Waals surface area contributed by atoms with Crippen LogP contribution in [-0.2, 0) is 0 Å². The molecule has 1 unspecified atom stereocenters. The molecule has 6 heteroatoms. The number of alkyl halides is 1. The smallest absolute Gasteiger partial charge is 0.148 e. The molecule has 90 valence electrons. The molecule has 17 heavy (non-hydrogen) atoms. The first-order valence-corrected chi connectivity index (χ1v) is 6.36. The molecule has 2 rings (SSSR count). The summed E-state index contributed by atoms with van der Waals surface area (Å²) in [5.74, 6) is -0.354. The van der Waals surface area contributed by atoms with Gasteiger partial charge in [-0.05, 0) is 24.6 Å². The van der Waals surface area contributed by atoms with Crippen molar-refractivity contribution in [2.24, 2.45) is 0 Å². The summed E-state index contributed by atoms with van der Waals surface area (Å²) in [6, 6.07) is 4.65. The van der Waals surface area contributed by atoms with Gasteiger partial charge in [-0.25, -0.2) is 9.07 Å². The Kier molecular flexibility index (Phi) is 3.79. The Balaban J connectivity index is 2.40. The Bertz CT molecular complexity index is 529. The van der Waals surface area contributed by atoms with E-state index in [1.165, 1.54) is 10.7 Å². The van der Waals surface area contributed by atoms with E-state index in [-0.39, 0.29) is 11.2 Å². The van der Waals surface area contributed by atoms with Crippen LogP contribution in [0, 0.1) is 5.82 Å². The van der Waals surface area contributed by atoms with Crippen LogP contribution in [0.5, 0.6) is 0 Å². The van der Waals surface area contributed by atoms with Crippen molar-refractivity contribution in [3.05, 3.63) is 40.4 Å². The number of hydrogen-bond acceptors (Lipinski definition) is 2. The normalized spacial score (nSPS) is 12.7. The highest BCUT2D eigenvalue weighted by Crippen LogP contribution is 2.23. The summed E-state index contributed by atoms with van der Waals surface area (Å²) in [5, 5.41) is 7.62. The Labute approximate surface area is 112 Å². The number of benzene rings is 1. The molecule has 1 heterocycles. The predicted octanol–water partition coefficient (Wildman–Crippen LogP) is 3.86. The molecule has 0 aliphatic carbocycles. The maximum atomic E-state index is 13.6. The van der Waals surface area contributed by atoms with Crippen LogP contribution in [0.25, 0.3) is 5.69 Å². The van der Waals surface area contributed by atoms with Crippen LogP contribution in [0.15, 0.2) is 28.9 Å². The lowest BCUT2D eigenvalue weighted by molar-refractivity contribution is 0.606. The molecule has 1 aromatic carbocycles. The Hall–Kier alpha value is -0.940. The molecule has 0 N–H and O–H groups in total. The van der Waals surface area contributed by atoms with E-state index < -0.39 is 0 Å². The van der Waals surface area contributed by atoms with Crippen LogP contribution < -0.4 is 0 Å². The third-order valence-electron chi connectivity index (χ3n) is 2.35. The van der Waals surface area contributed by atoms with E-state index in [1.54, 1.807) is 18.3 Å². The number of aromatic nitrogens is 3. The number of halogens is 3. The van der Waals surface area contributed by atoms with Crippen molar-refractivity contribution in [1.82, 2.24) is 15.0 Å². The summed E-state index contributed by atoms with van der Waals surface area (Å²) in [6.45, 7) is 1.95. The van der Waals surface area contributed by atoms with Gasteiger partial charge < -0.3 is 0 Å². The molecule has 1 atom stereocenters. The number of nitrogens with zero attached hydrogens (tertiary/aromatic N) is 3. The van der Waals surface area contributed by atoms with Crippen LogP contribution >= 0.6 is 27.5 Å². The van der Waals surface area contributed by atoms with Gasteiger partial charge in [-0.1, -0.05) is 28.1 Å². The fourth-order valence-electron chi connectivity index (χ4n) is 1.41. The molecule has 0 saturated carbocycles. The summed E-state index contributed by atoms with van der Waals surface area (Å²) in [7, 11) is 0. The summed E-state index contributed by atoms with van der Waals surface area (Å²) in [5.41, 5.74) is 0.992. The second kappa shape index (κ2) is 5.14. The Morgan fingerprint density at radius 2 is 2.29 bits per heavy atom. The Morgan fingerprint density at radius 1 is 1.53 bits per heavy atom. The molecule has 2 aromatic rings. The SMILES string of the molecule is CCC(Cl)c1cn(-c2cc(Br)ccc2F)nn1. The zero-order valence-corrected chi connectivity index (χ0v) is 11.4. The van der Waals surface area contributed by atoms with Gasteiger partial charge in [0.05, 0.1) is 11.6 Å². The average Bonchev–Trinajstić information content (AvgIpc) is 2.80. The van der Waals surface area contributed by atoms with Crippen molar-refractivity contribution in [2.45, 2.75) is 18.7 Å². The Morgan fingerprint density at radius 3 is 3.00 bits per heavy atom. The zero-order chi connectivity index (χ0) is 12.4. The van der Waals surface area contributed by atoms with Gasteiger partial charge in [-0.15, -0.1) is 16.7 Å². The first-order chi connectivity index (χ1) is 8.11. The topological polar surface area (TPSA) is 30.7 Å². The van der Waals surface area contributed by atoms with Gasteiger partial charge in [-0.2, -0.15) is 0 Å². The molecular weight excluding hydrogens is 308 g/mol. The summed E-state index contributed by atoms with van der Waals surface area (Å²) in [4.78, 5) is 0. The number of rotatable bonds is 3. The zero-order valence-electron chi connectivity index (χ0n) is 9.07. The highest BCUT2D eigenvalue weighted by molar-refractivity contribution is 9.10. The highest BCUT2D eigenvalue weighted by Gasteiger charge is 2.12. The lowest BCUT2D eigenvalue weighted by Gasteiger charge is -2.02. The van der Waals surface area contributed by atoms with Gasteiger partial charge in [0.15, 0.2) is 0 Å². The standard InChI is InChI=1S/C11H10BrClFN3/c1-2-8(13)10-6-17(16-15-10)11-5-7(12)3-4-9(11)14/h3-6,8H,2H2,1H3. The van der Waals surface area contributed by atoms with Gasteiger partial charge in [-0.3, -0.25) is 0 Å². The lowest BCUT2D eigenvalue weighted by Crippen LogP contribution is -1.98. The number of hydrogen-bond donors (Lipinski definition) is 0.